The monoisotopic (exact) mass is 303 g/mol. The Morgan fingerprint density at radius 2 is 1.67 bits per heavy atom. The van der Waals surface area contributed by atoms with Gasteiger partial charge in [-0.1, -0.05) is 29.3 Å². The van der Waals surface area contributed by atoms with Crippen LogP contribution in [0.15, 0.2) is 47.4 Å². The number of ether oxygens (including phenoxy) is 1. The van der Waals surface area contributed by atoms with Crippen LogP contribution in [-0.2, 0) is 10.8 Å². The summed E-state index contributed by atoms with van der Waals surface area (Å²) in [6.45, 7) is 4.09. The van der Waals surface area contributed by atoms with Crippen LogP contribution in [0.1, 0.15) is 22.7 Å². The van der Waals surface area contributed by atoms with E-state index in [1.54, 1.807) is 7.11 Å². The number of hydrogen-bond acceptors (Lipinski definition) is 3. The molecule has 0 fully saturated rings. The lowest BCUT2D eigenvalue weighted by Gasteiger charge is -2.14. The first-order valence-corrected chi connectivity index (χ1v) is 8.17. The molecular weight excluding hydrogens is 282 g/mol. The standard InChI is InChI=1S/C17H21NO2S/c1-12-8-13(2)10-14(9-12)17(18)11-21(19)16-6-4-15(20-3)5-7-16/h4-10,17H,11,18H2,1-3H3. The summed E-state index contributed by atoms with van der Waals surface area (Å²) >= 11 is 0. The Labute approximate surface area is 128 Å². The number of rotatable bonds is 5. The van der Waals surface area contributed by atoms with Gasteiger partial charge >= 0.3 is 0 Å². The second kappa shape index (κ2) is 6.87. The van der Waals surface area contributed by atoms with Gasteiger partial charge in [0, 0.05) is 16.7 Å². The molecule has 0 aliphatic rings. The first kappa shape index (κ1) is 15.7. The van der Waals surface area contributed by atoms with E-state index in [1.807, 2.05) is 38.1 Å². The van der Waals surface area contributed by atoms with Crippen molar-refractivity contribution in [2.45, 2.75) is 24.8 Å². The number of hydrogen-bond donors (Lipinski definition) is 1. The highest BCUT2D eigenvalue weighted by atomic mass is 32.2. The zero-order valence-electron chi connectivity index (χ0n) is 12.6. The average Bonchev–Trinajstić information content (AvgIpc) is 2.46. The minimum absolute atomic E-state index is 0.230. The molecule has 2 rings (SSSR count). The third kappa shape index (κ3) is 4.16. The number of nitrogens with two attached hydrogens (primary N) is 1. The minimum atomic E-state index is -1.12. The van der Waals surface area contributed by atoms with Crippen molar-refractivity contribution < 1.29 is 8.95 Å². The molecule has 4 heteroatoms. The molecular formula is C17H21NO2S. The third-order valence-electron chi connectivity index (χ3n) is 3.33. The van der Waals surface area contributed by atoms with Crippen LogP contribution in [0.3, 0.4) is 0 Å². The van der Waals surface area contributed by atoms with Gasteiger partial charge in [0.1, 0.15) is 5.75 Å². The molecule has 0 amide bonds. The molecule has 0 spiro atoms. The molecule has 0 aliphatic carbocycles. The zero-order chi connectivity index (χ0) is 15.4. The third-order valence-corrected chi connectivity index (χ3v) is 4.79. The van der Waals surface area contributed by atoms with Crippen LogP contribution in [0.25, 0.3) is 0 Å². The Kier molecular flexibility index (Phi) is 5.15. The van der Waals surface area contributed by atoms with Crippen molar-refractivity contribution >= 4 is 10.8 Å². The lowest BCUT2D eigenvalue weighted by atomic mass is 10.0. The highest BCUT2D eigenvalue weighted by Gasteiger charge is 2.13. The highest BCUT2D eigenvalue weighted by molar-refractivity contribution is 7.85. The molecule has 0 saturated carbocycles. The van der Waals surface area contributed by atoms with Crippen molar-refractivity contribution in [2.24, 2.45) is 5.73 Å². The summed E-state index contributed by atoms with van der Waals surface area (Å²) in [5, 5.41) is 0. The molecule has 2 atom stereocenters. The molecule has 2 aromatic rings. The van der Waals surface area contributed by atoms with Crippen molar-refractivity contribution in [2.75, 3.05) is 12.9 Å². The van der Waals surface area contributed by atoms with Gasteiger partial charge in [0.15, 0.2) is 0 Å². The second-order valence-corrected chi connectivity index (χ2v) is 6.71. The molecule has 21 heavy (non-hydrogen) atoms. The van der Waals surface area contributed by atoms with Crippen molar-refractivity contribution in [1.29, 1.82) is 0 Å². The molecule has 0 bridgehead atoms. The number of aryl methyl sites for hydroxylation is 2. The average molecular weight is 303 g/mol. The van der Waals surface area contributed by atoms with Gasteiger partial charge in [-0.15, -0.1) is 0 Å². The molecule has 0 heterocycles. The molecule has 2 N–H and O–H groups in total. The zero-order valence-corrected chi connectivity index (χ0v) is 13.4. The lowest BCUT2D eigenvalue weighted by molar-refractivity contribution is 0.414. The van der Waals surface area contributed by atoms with E-state index < -0.39 is 10.8 Å². The number of methoxy groups -OCH3 is 1. The van der Waals surface area contributed by atoms with E-state index >= 15 is 0 Å². The van der Waals surface area contributed by atoms with Crippen molar-refractivity contribution in [3.63, 3.8) is 0 Å². The van der Waals surface area contributed by atoms with Crippen LogP contribution in [0, 0.1) is 13.8 Å². The smallest absolute Gasteiger partial charge is 0.118 e. The van der Waals surface area contributed by atoms with E-state index in [4.69, 9.17) is 10.5 Å². The van der Waals surface area contributed by atoms with Gasteiger partial charge in [-0.2, -0.15) is 0 Å². The summed E-state index contributed by atoms with van der Waals surface area (Å²) in [4.78, 5) is 0.774. The fourth-order valence-corrected chi connectivity index (χ4v) is 3.46. The summed E-state index contributed by atoms with van der Waals surface area (Å²) < 4.78 is 17.5. The quantitative estimate of drug-likeness (QED) is 0.923. The normalized spacial score (nSPS) is 13.7. The minimum Gasteiger partial charge on any atom is -0.497 e. The first-order chi connectivity index (χ1) is 9.99. The van der Waals surface area contributed by atoms with Crippen molar-refractivity contribution in [3.8, 4) is 5.75 Å². The van der Waals surface area contributed by atoms with Crippen LogP contribution in [-0.4, -0.2) is 17.1 Å². The maximum Gasteiger partial charge on any atom is 0.118 e. The van der Waals surface area contributed by atoms with Gasteiger partial charge in [0.25, 0.3) is 0 Å². The van der Waals surface area contributed by atoms with Gasteiger partial charge in [0.05, 0.1) is 17.9 Å². The number of benzene rings is 2. The fourth-order valence-electron chi connectivity index (χ4n) is 2.31. The van der Waals surface area contributed by atoms with E-state index in [0.29, 0.717) is 5.75 Å². The summed E-state index contributed by atoms with van der Waals surface area (Å²) in [6, 6.07) is 13.3. The van der Waals surface area contributed by atoms with Crippen LogP contribution in [0.2, 0.25) is 0 Å². The van der Waals surface area contributed by atoms with E-state index in [9.17, 15) is 4.21 Å². The molecule has 0 radical (unpaired) electrons. The van der Waals surface area contributed by atoms with E-state index in [2.05, 4.69) is 18.2 Å². The van der Waals surface area contributed by atoms with Crippen LogP contribution < -0.4 is 10.5 Å². The predicted molar refractivity (Wildman–Crippen MR) is 87.1 cm³/mol. The second-order valence-electron chi connectivity index (χ2n) is 5.22. The van der Waals surface area contributed by atoms with E-state index in [1.165, 1.54) is 11.1 Å². The summed E-state index contributed by atoms with van der Waals surface area (Å²) in [7, 11) is 0.495. The van der Waals surface area contributed by atoms with Gasteiger partial charge in [-0.3, -0.25) is 4.21 Å². The Bertz CT molecular complexity index is 617. The van der Waals surface area contributed by atoms with Crippen LogP contribution >= 0.6 is 0 Å². The largest absolute Gasteiger partial charge is 0.497 e. The SMILES string of the molecule is COc1ccc(S(=O)CC(N)c2cc(C)cc(C)c2)cc1. The molecule has 3 nitrogen and oxygen atoms in total. The van der Waals surface area contributed by atoms with Gasteiger partial charge < -0.3 is 10.5 Å². The predicted octanol–water partition coefficient (Wildman–Crippen LogP) is 3.12. The van der Waals surface area contributed by atoms with E-state index in [0.717, 1.165) is 16.2 Å². The maximum atomic E-state index is 12.4. The fraction of sp³-hybridized carbons (Fsp3) is 0.294. The Morgan fingerprint density at radius 1 is 1.10 bits per heavy atom. The molecule has 2 aromatic carbocycles. The van der Waals surface area contributed by atoms with Crippen molar-refractivity contribution in [3.05, 3.63) is 59.2 Å². The van der Waals surface area contributed by atoms with Gasteiger partial charge in [-0.25, -0.2) is 0 Å². The Balaban J connectivity index is 2.10. The van der Waals surface area contributed by atoms with E-state index in [-0.39, 0.29) is 6.04 Å². The highest BCUT2D eigenvalue weighted by Crippen LogP contribution is 2.20. The molecule has 2 unspecified atom stereocenters. The first-order valence-electron chi connectivity index (χ1n) is 6.86. The molecule has 0 aliphatic heterocycles. The molecule has 0 aromatic heterocycles. The summed E-state index contributed by atoms with van der Waals surface area (Å²) in [5.41, 5.74) is 9.60. The Morgan fingerprint density at radius 3 is 2.19 bits per heavy atom. The lowest BCUT2D eigenvalue weighted by Crippen LogP contribution is -2.18. The molecule has 0 saturated heterocycles. The van der Waals surface area contributed by atoms with Crippen molar-refractivity contribution in [1.82, 2.24) is 0 Å². The Hall–Kier alpha value is -1.65. The topological polar surface area (TPSA) is 52.3 Å². The van der Waals surface area contributed by atoms with Crippen LogP contribution in [0.5, 0.6) is 5.75 Å². The maximum absolute atomic E-state index is 12.4. The summed E-state index contributed by atoms with van der Waals surface area (Å²) in [5.74, 6) is 1.17. The summed E-state index contributed by atoms with van der Waals surface area (Å²) in [6.07, 6.45) is 0. The van der Waals surface area contributed by atoms with Gasteiger partial charge in [-0.05, 0) is 43.7 Å². The van der Waals surface area contributed by atoms with Crippen LogP contribution in [0.4, 0.5) is 0 Å². The van der Waals surface area contributed by atoms with Gasteiger partial charge in [0.2, 0.25) is 0 Å². The molecule has 112 valence electrons.